The number of benzene rings is 6. The minimum atomic E-state index is -4.41. The second kappa shape index (κ2) is 20.4. The Balaban J connectivity index is 0.000000209. The molecule has 0 bridgehead atoms. The van der Waals surface area contributed by atoms with E-state index in [1.807, 2.05) is 0 Å². The monoisotopic (exact) mass is 928 g/mol. The van der Waals surface area contributed by atoms with E-state index in [1.165, 1.54) is 79.9 Å². The van der Waals surface area contributed by atoms with Crippen molar-refractivity contribution in [2.24, 2.45) is 0 Å². The van der Waals surface area contributed by atoms with Crippen molar-refractivity contribution in [2.45, 2.75) is 58.3 Å². The van der Waals surface area contributed by atoms with E-state index in [4.69, 9.17) is 0 Å². The molecule has 0 saturated heterocycles. The predicted molar refractivity (Wildman–Crippen MR) is 221 cm³/mol. The minimum absolute atomic E-state index is 0. The molecule has 0 saturated carbocycles. The topological polar surface area (TPSA) is 0 Å². The quantitative estimate of drug-likeness (QED) is 0.120. The first-order valence-electron chi connectivity index (χ1n) is 19.0. The molecule has 308 valence electrons. The van der Waals surface area contributed by atoms with E-state index in [2.05, 4.69) is 143 Å². The van der Waals surface area contributed by atoms with Crippen LogP contribution < -0.4 is 24.8 Å². The van der Waals surface area contributed by atoms with Crippen LogP contribution in [0.1, 0.15) is 72.2 Å². The van der Waals surface area contributed by atoms with Crippen LogP contribution in [0.25, 0.3) is 33.4 Å². The van der Waals surface area contributed by atoms with Crippen molar-refractivity contribution in [2.75, 3.05) is 0 Å². The van der Waals surface area contributed by atoms with E-state index in [1.54, 1.807) is 0 Å². The molecule has 7 aromatic carbocycles. The van der Waals surface area contributed by atoms with Gasteiger partial charge in [-0.25, -0.2) is 6.07 Å². The number of rotatable bonds is 5. The summed E-state index contributed by atoms with van der Waals surface area (Å²) in [5.41, 5.74) is 13.2. The molecular weight excluding hydrogens is 889 g/mol. The molecule has 0 fully saturated rings. The van der Waals surface area contributed by atoms with Gasteiger partial charge in [-0.2, -0.15) is 23.3 Å². The molecule has 0 nitrogen and oxygen atoms in total. The van der Waals surface area contributed by atoms with E-state index in [9.17, 15) is 26.3 Å². The number of halogens is 8. The fourth-order valence-corrected chi connectivity index (χ4v) is 7.54. The molecular formula is C51H42Cl2F6Zr-2. The summed E-state index contributed by atoms with van der Waals surface area (Å²) >= 11 is 0.898. The molecule has 8 rings (SSSR count). The molecule has 0 amide bonds. The molecule has 7 aromatic rings. The Bertz CT molecular complexity index is 2310. The SMILES string of the molecule is CCc1cc(C(C)(C)C)c[cH-]1.FC(F)(F)c1ccc([C](=[Zr+2])c2ccc(C(F)(F)F)cc2)cc1.[Cl-].[Cl-].[c-]1c(-c2ccccc2)ccc2c1Cc1cc(-c3ccccc3)ccc1-2. The fraction of sp³-hybridized carbons (Fsp3) is 0.176. The van der Waals surface area contributed by atoms with E-state index >= 15 is 0 Å². The van der Waals surface area contributed by atoms with E-state index in [0.29, 0.717) is 19.7 Å². The van der Waals surface area contributed by atoms with E-state index in [-0.39, 0.29) is 24.8 Å². The minimum Gasteiger partial charge on any atom is -1.00 e. The zero-order chi connectivity index (χ0) is 41.7. The molecule has 1 aliphatic carbocycles. The first-order chi connectivity index (χ1) is 27.5. The van der Waals surface area contributed by atoms with Crippen molar-refractivity contribution in [1.29, 1.82) is 0 Å². The second-order valence-corrected chi connectivity index (χ2v) is 16.4. The molecule has 0 N–H and O–H groups in total. The Hall–Kier alpha value is -4.42. The molecule has 1 aliphatic rings. The van der Waals surface area contributed by atoms with Crippen LogP contribution in [0.3, 0.4) is 0 Å². The van der Waals surface area contributed by atoms with Gasteiger partial charge in [-0.1, -0.05) is 135 Å². The van der Waals surface area contributed by atoms with Crippen molar-refractivity contribution in [3.05, 3.63) is 208 Å². The van der Waals surface area contributed by atoms with Gasteiger partial charge in [-0.3, -0.25) is 0 Å². The molecule has 0 atom stereocenters. The van der Waals surface area contributed by atoms with Gasteiger partial charge in [0.2, 0.25) is 0 Å². The maximum Gasteiger partial charge on any atom is -0.0181 e. The Morgan fingerprint density at radius 1 is 0.583 bits per heavy atom. The Morgan fingerprint density at radius 3 is 1.53 bits per heavy atom. The van der Waals surface area contributed by atoms with Crippen molar-refractivity contribution >= 4 is 3.21 Å². The van der Waals surface area contributed by atoms with Crippen LogP contribution in [0.5, 0.6) is 0 Å². The maximum atomic E-state index is 12.5. The second-order valence-electron chi connectivity index (χ2n) is 15.2. The number of fused-ring (bicyclic) bond motifs is 3. The summed E-state index contributed by atoms with van der Waals surface area (Å²) < 4.78 is 75.6. The molecule has 0 radical (unpaired) electrons. The van der Waals surface area contributed by atoms with Crippen LogP contribution in [-0.4, -0.2) is 3.21 Å². The van der Waals surface area contributed by atoms with Gasteiger partial charge in [0.1, 0.15) is 0 Å². The van der Waals surface area contributed by atoms with Gasteiger partial charge in [0.05, 0.1) is 0 Å². The third-order valence-corrected chi connectivity index (χ3v) is 11.5. The predicted octanol–water partition coefficient (Wildman–Crippen LogP) is 8.51. The van der Waals surface area contributed by atoms with Gasteiger partial charge in [-0.15, -0.1) is 29.3 Å². The summed E-state index contributed by atoms with van der Waals surface area (Å²) in [5.74, 6) is 0. The molecule has 0 unspecified atom stereocenters. The van der Waals surface area contributed by atoms with Gasteiger partial charge >= 0.3 is 137 Å². The summed E-state index contributed by atoms with van der Waals surface area (Å²) in [7, 11) is 0. The van der Waals surface area contributed by atoms with E-state index < -0.39 is 23.5 Å². The first kappa shape index (κ1) is 48.3. The summed E-state index contributed by atoms with van der Waals surface area (Å²) in [6.07, 6.45) is -6.70. The number of hydrogen-bond acceptors (Lipinski definition) is 0. The standard InChI is InChI=1S/C25H17.C15H8F6.C11H17.2ClH.Zr/c1-3-7-18(8-4-1)20-11-13-24-22(15-20)17-23-16-21(12-14-25(23)24)19-9-5-2-6-10-19;16-14(17,18)12-5-1-10(2-6-12)9-11-3-7-13(8-4-11)15(19,20)21;1-5-9-6-7-10(8-9)11(2,3)4;;;/h1-15H,17H2;1-8H;6-8H,5H2,1-4H3;2*1H;/q-1;;-1;;;+2/p-2. The molecule has 60 heavy (non-hydrogen) atoms. The molecule has 0 heterocycles. The number of hydrogen-bond donors (Lipinski definition) is 0. The van der Waals surface area contributed by atoms with Gasteiger partial charge in [0.15, 0.2) is 0 Å². The smallest absolute Gasteiger partial charge is 0.0181 e. The normalized spacial score (nSPS) is 11.7. The Morgan fingerprint density at radius 2 is 1.08 bits per heavy atom. The van der Waals surface area contributed by atoms with Crippen molar-refractivity contribution in [3.8, 4) is 33.4 Å². The Kier molecular flexibility index (Phi) is 16.4. The third-order valence-electron chi connectivity index (χ3n) is 10.1. The molecule has 9 heteroatoms. The van der Waals surface area contributed by atoms with Gasteiger partial charge in [-0.05, 0) is 23.1 Å². The number of aryl methyl sites for hydroxylation is 1. The number of alkyl halides is 6. The van der Waals surface area contributed by atoms with Crippen LogP contribution in [0.4, 0.5) is 26.3 Å². The van der Waals surface area contributed by atoms with Crippen molar-refractivity contribution in [3.63, 3.8) is 0 Å². The van der Waals surface area contributed by atoms with Crippen molar-refractivity contribution in [1.82, 2.24) is 0 Å². The average Bonchev–Trinajstić information content (AvgIpc) is 3.86. The summed E-state index contributed by atoms with van der Waals surface area (Å²) in [6.45, 7) is 8.95. The van der Waals surface area contributed by atoms with Gasteiger partial charge in [0.25, 0.3) is 0 Å². The third kappa shape index (κ3) is 12.1. The largest absolute Gasteiger partial charge is 1.00 e. The van der Waals surface area contributed by atoms with Crippen LogP contribution in [0, 0.1) is 6.07 Å². The van der Waals surface area contributed by atoms with Crippen LogP contribution in [-0.2, 0) is 54.8 Å². The average molecular weight is 931 g/mol. The molecule has 0 aromatic heterocycles. The summed E-state index contributed by atoms with van der Waals surface area (Å²) in [4.78, 5) is 0. The summed E-state index contributed by atoms with van der Waals surface area (Å²) in [6, 6.07) is 51.9. The van der Waals surface area contributed by atoms with Crippen molar-refractivity contribution < 1.29 is 75.4 Å². The fourth-order valence-electron chi connectivity index (χ4n) is 6.72. The maximum absolute atomic E-state index is 12.5. The summed E-state index contributed by atoms with van der Waals surface area (Å²) in [5, 5.41) is 0. The van der Waals surface area contributed by atoms with E-state index in [0.717, 1.165) is 61.3 Å². The zero-order valence-electron chi connectivity index (χ0n) is 33.4. The first-order valence-corrected chi connectivity index (χ1v) is 20.2. The zero-order valence-corrected chi connectivity index (χ0v) is 37.4. The van der Waals surface area contributed by atoms with Crippen LogP contribution in [0.2, 0.25) is 0 Å². The Labute approximate surface area is 376 Å². The molecule has 0 spiro atoms. The van der Waals surface area contributed by atoms with Gasteiger partial charge in [0, 0.05) is 0 Å². The van der Waals surface area contributed by atoms with Gasteiger partial charge < -0.3 is 24.8 Å². The van der Waals surface area contributed by atoms with Crippen LogP contribution >= 0.6 is 0 Å². The molecule has 0 aliphatic heterocycles. The van der Waals surface area contributed by atoms with Crippen LogP contribution in [0.15, 0.2) is 158 Å².